The molecule has 0 saturated carbocycles. The Kier molecular flexibility index (Phi) is 2.07. The maximum atomic E-state index is 13.1. The molecule has 15 heavy (non-hydrogen) atoms. The van der Waals surface area contributed by atoms with E-state index in [9.17, 15) is 18.0 Å². The highest BCUT2D eigenvalue weighted by atomic mass is 19.1. The minimum atomic E-state index is -1.19. The summed E-state index contributed by atoms with van der Waals surface area (Å²) in [5.41, 5.74) is -0.685. The lowest BCUT2D eigenvalue weighted by Gasteiger charge is -1.99. The van der Waals surface area contributed by atoms with Crippen molar-refractivity contribution in [2.24, 2.45) is 0 Å². The Morgan fingerprint density at radius 2 is 1.80 bits per heavy atom. The molecule has 78 valence electrons. The SMILES string of the molecule is O=c1[nH]nc(-c2c(F)cc(F)cc2F)o1. The summed E-state index contributed by atoms with van der Waals surface area (Å²) in [7, 11) is 0. The third-order valence-electron chi connectivity index (χ3n) is 1.66. The third-order valence-corrected chi connectivity index (χ3v) is 1.66. The highest BCUT2D eigenvalue weighted by Crippen LogP contribution is 2.23. The van der Waals surface area contributed by atoms with Crippen molar-refractivity contribution in [1.29, 1.82) is 0 Å². The van der Waals surface area contributed by atoms with E-state index in [1.54, 1.807) is 0 Å². The van der Waals surface area contributed by atoms with E-state index in [4.69, 9.17) is 0 Å². The maximum absolute atomic E-state index is 13.1. The second kappa shape index (κ2) is 3.26. The predicted molar refractivity (Wildman–Crippen MR) is 42.4 cm³/mol. The summed E-state index contributed by atoms with van der Waals surface area (Å²) < 4.78 is 43.1. The van der Waals surface area contributed by atoms with Crippen LogP contribution in [0.1, 0.15) is 0 Å². The molecule has 2 aromatic rings. The van der Waals surface area contributed by atoms with Crippen LogP contribution in [0.25, 0.3) is 11.5 Å². The molecule has 0 spiro atoms. The van der Waals surface area contributed by atoms with Crippen molar-refractivity contribution in [2.45, 2.75) is 0 Å². The molecule has 1 aromatic carbocycles. The molecule has 0 amide bonds. The van der Waals surface area contributed by atoms with Gasteiger partial charge in [-0.25, -0.2) is 23.1 Å². The minimum absolute atomic E-state index is 0.465. The van der Waals surface area contributed by atoms with Crippen molar-refractivity contribution in [1.82, 2.24) is 10.2 Å². The van der Waals surface area contributed by atoms with Crippen LogP contribution in [0.2, 0.25) is 0 Å². The molecule has 0 saturated heterocycles. The number of benzene rings is 1. The fourth-order valence-corrected chi connectivity index (χ4v) is 1.08. The van der Waals surface area contributed by atoms with E-state index in [-0.39, 0.29) is 0 Å². The van der Waals surface area contributed by atoms with Gasteiger partial charge in [-0.3, -0.25) is 0 Å². The van der Waals surface area contributed by atoms with Crippen molar-refractivity contribution >= 4 is 0 Å². The van der Waals surface area contributed by atoms with E-state index in [0.717, 1.165) is 0 Å². The van der Waals surface area contributed by atoms with Gasteiger partial charge >= 0.3 is 5.76 Å². The molecule has 1 aromatic heterocycles. The fourth-order valence-electron chi connectivity index (χ4n) is 1.08. The van der Waals surface area contributed by atoms with Crippen molar-refractivity contribution in [3.63, 3.8) is 0 Å². The zero-order chi connectivity index (χ0) is 11.0. The van der Waals surface area contributed by atoms with E-state index in [1.165, 1.54) is 0 Å². The van der Waals surface area contributed by atoms with Gasteiger partial charge in [0.15, 0.2) is 0 Å². The van der Waals surface area contributed by atoms with E-state index in [0.29, 0.717) is 12.1 Å². The zero-order valence-electron chi connectivity index (χ0n) is 7.05. The Morgan fingerprint density at radius 3 is 2.27 bits per heavy atom. The Hall–Kier alpha value is -2.05. The van der Waals surface area contributed by atoms with Gasteiger partial charge in [0, 0.05) is 12.1 Å². The van der Waals surface area contributed by atoms with Gasteiger partial charge in [-0.15, -0.1) is 5.10 Å². The van der Waals surface area contributed by atoms with Gasteiger partial charge in [0.2, 0.25) is 0 Å². The number of hydrogen-bond acceptors (Lipinski definition) is 3. The molecule has 0 aliphatic heterocycles. The summed E-state index contributed by atoms with van der Waals surface area (Å²) in [5, 5.41) is 5.07. The van der Waals surface area contributed by atoms with Crippen molar-refractivity contribution in [3.8, 4) is 11.5 Å². The lowest BCUT2D eigenvalue weighted by Crippen LogP contribution is -1.94. The lowest BCUT2D eigenvalue weighted by molar-refractivity contribution is 0.504. The fraction of sp³-hybridized carbons (Fsp3) is 0. The van der Waals surface area contributed by atoms with E-state index in [2.05, 4.69) is 9.52 Å². The van der Waals surface area contributed by atoms with Gasteiger partial charge < -0.3 is 4.42 Å². The number of nitrogens with one attached hydrogen (secondary N) is 1. The molecule has 1 N–H and O–H groups in total. The lowest BCUT2D eigenvalue weighted by atomic mass is 10.2. The van der Waals surface area contributed by atoms with E-state index >= 15 is 0 Å². The number of hydrogen-bond donors (Lipinski definition) is 1. The van der Waals surface area contributed by atoms with Gasteiger partial charge in [0.05, 0.1) is 0 Å². The second-order valence-electron chi connectivity index (χ2n) is 2.66. The molecule has 0 unspecified atom stereocenters. The Balaban J connectivity index is 2.67. The Bertz CT molecular complexity index is 538. The molecular formula is C8H3F3N2O2. The van der Waals surface area contributed by atoms with E-state index in [1.807, 2.05) is 5.10 Å². The first-order chi connectivity index (χ1) is 7.08. The highest BCUT2D eigenvalue weighted by molar-refractivity contribution is 5.54. The summed E-state index contributed by atoms with van der Waals surface area (Å²) in [6.07, 6.45) is 0. The summed E-state index contributed by atoms with van der Waals surface area (Å²) in [4.78, 5) is 10.5. The van der Waals surface area contributed by atoms with Crippen LogP contribution in [-0.2, 0) is 0 Å². The van der Waals surface area contributed by atoms with Crippen molar-refractivity contribution < 1.29 is 17.6 Å². The average Bonchev–Trinajstić information content (AvgIpc) is 2.49. The monoisotopic (exact) mass is 216 g/mol. The van der Waals surface area contributed by atoms with Gasteiger partial charge in [-0.1, -0.05) is 0 Å². The van der Waals surface area contributed by atoms with Gasteiger partial charge in [0.25, 0.3) is 5.89 Å². The van der Waals surface area contributed by atoms with E-state index < -0.39 is 34.7 Å². The van der Waals surface area contributed by atoms with Crippen molar-refractivity contribution in [3.05, 3.63) is 40.1 Å². The Labute approximate surface area is 80.3 Å². The number of aromatic nitrogens is 2. The average molecular weight is 216 g/mol. The molecule has 2 rings (SSSR count). The van der Waals surface area contributed by atoms with Crippen LogP contribution in [0.15, 0.2) is 21.3 Å². The molecule has 0 fully saturated rings. The van der Waals surface area contributed by atoms with Crippen LogP contribution in [0.4, 0.5) is 13.2 Å². The highest BCUT2D eigenvalue weighted by Gasteiger charge is 2.18. The van der Waals surface area contributed by atoms with Crippen LogP contribution in [0.3, 0.4) is 0 Å². The molecule has 0 radical (unpaired) electrons. The molecule has 1 heterocycles. The minimum Gasteiger partial charge on any atom is -0.388 e. The van der Waals surface area contributed by atoms with Gasteiger partial charge in [0.1, 0.15) is 23.0 Å². The summed E-state index contributed by atoms with van der Waals surface area (Å²) in [6.45, 7) is 0. The first-order valence-electron chi connectivity index (χ1n) is 3.78. The number of halogens is 3. The van der Waals surface area contributed by atoms with Gasteiger partial charge in [-0.05, 0) is 0 Å². The molecule has 0 aliphatic rings. The van der Waals surface area contributed by atoms with Crippen LogP contribution in [0, 0.1) is 17.5 Å². The largest absolute Gasteiger partial charge is 0.434 e. The second-order valence-corrected chi connectivity index (χ2v) is 2.66. The van der Waals surface area contributed by atoms with Crippen LogP contribution in [-0.4, -0.2) is 10.2 Å². The summed E-state index contributed by atoms with van der Waals surface area (Å²) in [6, 6.07) is 0.931. The number of rotatable bonds is 1. The summed E-state index contributed by atoms with van der Waals surface area (Å²) in [5.74, 6) is -4.96. The topological polar surface area (TPSA) is 58.9 Å². The number of H-pyrrole nitrogens is 1. The molecule has 7 heteroatoms. The number of aromatic amines is 1. The standard InChI is InChI=1S/C8H3F3N2O2/c9-3-1-4(10)6(5(11)2-3)7-12-13-8(14)15-7/h1-2H,(H,13,14). The molecule has 4 nitrogen and oxygen atoms in total. The molecular weight excluding hydrogens is 213 g/mol. The zero-order valence-corrected chi connectivity index (χ0v) is 7.05. The van der Waals surface area contributed by atoms with Crippen LogP contribution >= 0.6 is 0 Å². The molecule has 0 atom stereocenters. The van der Waals surface area contributed by atoms with Crippen molar-refractivity contribution in [2.75, 3.05) is 0 Å². The smallest absolute Gasteiger partial charge is 0.388 e. The molecule has 0 bridgehead atoms. The quantitative estimate of drug-likeness (QED) is 0.784. The maximum Gasteiger partial charge on any atom is 0.434 e. The number of nitrogens with zero attached hydrogens (tertiary/aromatic N) is 1. The van der Waals surface area contributed by atoms with Gasteiger partial charge in [-0.2, -0.15) is 0 Å². The molecule has 0 aliphatic carbocycles. The summed E-state index contributed by atoms with van der Waals surface area (Å²) >= 11 is 0. The first-order valence-corrected chi connectivity index (χ1v) is 3.78. The Morgan fingerprint density at radius 1 is 1.20 bits per heavy atom. The third kappa shape index (κ3) is 1.63. The van der Waals surface area contributed by atoms with Crippen LogP contribution in [0.5, 0.6) is 0 Å². The normalized spacial score (nSPS) is 10.6. The predicted octanol–water partition coefficient (Wildman–Crippen LogP) is 1.45. The van der Waals surface area contributed by atoms with Crippen LogP contribution < -0.4 is 5.76 Å². The first kappa shape index (κ1) is 9.50.